The molecule has 0 amide bonds. The maximum atomic E-state index is 5.07. The Labute approximate surface area is 207 Å². The molecule has 3 aromatic rings. The molecule has 0 saturated carbocycles. The summed E-state index contributed by atoms with van der Waals surface area (Å²) in [5.74, 6) is 0.886. The van der Waals surface area contributed by atoms with Crippen LogP contribution in [0.25, 0.3) is 11.3 Å². The van der Waals surface area contributed by atoms with Crippen molar-refractivity contribution >= 4 is 23.0 Å². The number of aliphatic imine (C=N–C) groups is 1. The van der Waals surface area contributed by atoms with Crippen LogP contribution in [0.5, 0.6) is 0 Å². The van der Waals surface area contributed by atoms with Gasteiger partial charge in [0.05, 0.1) is 10.7 Å². The van der Waals surface area contributed by atoms with Crippen LogP contribution in [0.3, 0.4) is 0 Å². The molecule has 0 atom stereocenters. The molecule has 2 aromatic carbocycles. The molecular weight excluding hydrogens is 436 g/mol. The van der Waals surface area contributed by atoms with Crippen molar-refractivity contribution in [3.05, 3.63) is 68.5 Å². The van der Waals surface area contributed by atoms with Gasteiger partial charge in [0.25, 0.3) is 0 Å². The lowest BCUT2D eigenvalue weighted by Gasteiger charge is -2.26. The number of nitrogens with zero attached hydrogens (tertiary/aromatic N) is 2. The first-order valence-corrected chi connectivity index (χ1v) is 13.5. The molecule has 1 aromatic heterocycles. The summed E-state index contributed by atoms with van der Waals surface area (Å²) in [7, 11) is 0. The molecule has 2 aliphatic rings. The number of hydrogen-bond donors (Lipinski definition) is 2. The number of aromatic nitrogens is 1. The highest BCUT2D eigenvalue weighted by Gasteiger charge is 2.21. The van der Waals surface area contributed by atoms with Gasteiger partial charge in [-0.15, -0.1) is 11.3 Å². The van der Waals surface area contributed by atoms with Crippen LogP contribution in [-0.2, 0) is 24.7 Å². The van der Waals surface area contributed by atoms with Crippen molar-refractivity contribution < 1.29 is 0 Å². The maximum absolute atomic E-state index is 5.07. The quantitative estimate of drug-likeness (QED) is 0.447. The zero-order chi connectivity index (χ0) is 23.7. The molecule has 1 aliphatic heterocycles. The topological polar surface area (TPSA) is 49.3 Å². The van der Waals surface area contributed by atoms with Gasteiger partial charge in [0.1, 0.15) is 0 Å². The van der Waals surface area contributed by atoms with Crippen molar-refractivity contribution in [2.24, 2.45) is 4.99 Å². The van der Waals surface area contributed by atoms with E-state index >= 15 is 0 Å². The van der Waals surface area contributed by atoms with Crippen LogP contribution < -0.4 is 10.6 Å². The van der Waals surface area contributed by atoms with Gasteiger partial charge in [0, 0.05) is 36.1 Å². The minimum atomic E-state index is 0.0415. The molecule has 0 saturated heterocycles. The molecule has 0 fully saturated rings. The van der Waals surface area contributed by atoms with E-state index in [1.54, 1.807) is 11.3 Å². The first kappa shape index (κ1) is 23.1. The van der Waals surface area contributed by atoms with Gasteiger partial charge in [-0.3, -0.25) is 4.99 Å². The number of nitrogens with one attached hydrogen (secondary N) is 2. The van der Waals surface area contributed by atoms with Crippen LogP contribution in [0.1, 0.15) is 72.9 Å². The second-order valence-electron chi connectivity index (χ2n) is 10.7. The van der Waals surface area contributed by atoms with E-state index in [-0.39, 0.29) is 5.41 Å². The normalized spacial score (nSPS) is 15.9. The molecule has 0 radical (unpaired) electrons. The molecule has 2 N–H and O–H groups in total. The number of rotatable bonds is 4. The van der Waals surface area contributed by atoms with Gasteiger partial charge in [0.2, 0.25) is 0 Å². The molecule has 0 spiro atoms. The summed E-state index contributed by atoms with van der Waals surface area (Å²) in [5.41, 5.74) is 10.6. The van der Waals surface area contributed by atoms with E-state index in [4.69, 9.17) is 4.98 Å². The highest BCUT2D eigenvalue weighted by Crippen LogP contribution is 2.34. The maximum Gasteiger partial charge on any atom is 0.195 e. The Morgan fingerprint density at radius 1 is 1.03 bits per heavy atom. The smallest absolute Gasteiger partial charge is 0.195 e. The van der Waals surface area contributed by atoms with E-state index < -0.39 is 0 Å². The van der Waals surface area contributed by atoms with Crippen molar-refractivity contribution in [2.45, 2.75) is 71.6 Å². The van der Waals surface area contributed by atoms with Crippen molar-refractivity contribution in [1.82, 2.24) is 10.3 Å². The van der Waals surface area contributed by atoms with E-state index in [0.29, 0.717) is 0 Å². The van der Waals surface area contributed by atoms with Gasteiger partial charge >= 0.3 is 0 Å². The second-order valence-corrected chi connectivity index (χ2v) is 11.6. The predicted molar refractivity (Wildman–Crippen MR) is 145 cm³/mol. The van der Waals surface area contributed by atoms with Crippen LogP contribution in [0.15, 0.2) is 40.7 Å². The van der Waals surface area contributed by atoms with E-state index in [0.717, 1.165) is 43.3 Å². The molecule has 1 aliphatic carbocycles. The molecule has 2 heterocycles. The molecule has 34 heavy (non-hydrogen) atoms. The van der Waals surface area contributed by atoms with Gasteiger partial charge in [-0.25, -0.2) is 4.98 Å². The SMILES string of the molecule is Cc1cc(Cc2nc(-c3ccc4c(c3)CCCC4)cs2)c(C(C)(C)C)cc1NC1=NCCCN1. The fourth-order valence-corrected chi connectivity index (χ4v) is 5.90. The third-order valence-corrected chi connectivity index (χ3v) is 7.80. The van der Waals surface area contributed by atoms with Crippen molar-refractivity contribution in [3.63, 3.8) is 0 Å². The zero-order valence-corrected chi connectivity index (χ0v) is 21.7. The minimum Gasteiger partial charge on any atom is -0.356 e. The minimum absolute atomic E-state index is 0.0415. The second kappa shape index (κ2) is 9.53. The number of fused-ring (bicyclic) bond motifs is 1. The first-order valence-electron chi connectivity index (χ1n) is 12.6. The lowest BCUT2D eigenvalue weighted by molar-refractivity contribution is 0.584. The van der Waals surface area contributed by atoms with E-state index in [1.165, 1.54) is 64.1 Å². The van der Waals surface area contributed by atoms with Crippen LogP contribution >= 0.6 is 11.3 Å². The Bertz CT molecular complexity index is 1220. The summed E-state index contributed by atoms with van der Waals surface area (Å²) < 4.78 is 0. The molecule has 4 nitrogen and oxygen atoms in total. The third kappa shape index (κ3) is 5.05. The fraction of sp³-hybridized carbons (Fsp3) is 0.448. The van der Waals surface area contributed by atoms with Gasteiger partial charge in [-0.1, -0.05) is 39.0 Å². The number of hydrogen-bond acceptors (Lipinski definition) is 5. The summed E-state index contributed by atoms with van der Waals surface area (Å²) in [6.07, 6.45) is 7.02. The fourth-order valence-electron chi connectivity index (χ4n) is 5.07. The van der Waals surface area contributed by atoms with Crippen LogP contribution in [-0.4, -0.2) is 24.0 Å². The Kier molecular flexibility index (Phi) is 6.48. The zero-order valence-electron chi connectivity index (χ0n) is 20.9. The molecular formula is C29H36N4S. The van der Waals surface area contributed by atoms with Crippen molar-refractivity contribution in [2.75, 3.05) is 18.4 Å². The van der Waals surface area contributed by atoms with Gasteiger partial charge < -0.3 is 10.6 Å². The van der Waals surface area contributed by atoms with Crippen LogP contribution in [0, 0.1) is 6.92 Å². The number of thiazole rings is 1. The van der Waals surface area contributed by atoms with E-state index in [1.807, 2.05) is 0 Å². The molecule has 5 heteroatoms. The summed E-state index contributed by atoms with van der Waals surface area (Å²) >= 11 is 1.78. The average molecular weight is 473 g/mol. The largest absolute Gasteiger partial charge is 0.356 e. The Morgan fingerprint density at radius 2 is 1.85 bits per heavy atom. The summed E-state index contributed by atoms with van der Waals surface area (Å²) in [4.78, 5) is 9.66. The third-order valence-electron chi connectivity index (χ3n) is 6.95. The van der Waals surface area contributed by atoms with Crippen LogP contribution in [0.4, 0.5) is 5.69 Å². The molecule has 178 valence electrons. The van der Waals surface area contributed by atoms with Crippen LogP contribution in [0.2, 0.25) is 0 Å². The molecule has 0 bridgehead atoms. The first-order chi connectivity index (χ1) is 16.4. The number of aryl methyl sites for hydroxylation is 3. The Balaban J connectivity index is 1.41. The number of guanidine groups is 1. The predicted octanol–water partition coefficient (Wildman–Crippen LogP) is 6.65. The molecule has 5 rings (SSSR count). The summed E-state index contributed by atoms with van der Waals surface area (Å²) in [5, 5.41) is 10.3. The van der Waals surface area contributed by atoms with E-state index in [2.05, 4.69) is 79.0 Å². The standard InChI is InChI=1S/C29H36N4S/c1-19-14-23(24(29(2,3)4)17-25(19)33-28-30-12-7-13-31-28)16-27-32-26(18-34-27)22-11-10-20-8-5-6-9-21(20)15-22/h10-11,14-15,17-18H,5-9,12-13,16H2,1-4H3,(H2,30,31,33). The average Bonchev–Trinajstić information content (AvgIpc) is 3.29. The molecule has 0 unspecified atom stereocenters. The number of benzene rings is 2. The van der Waals surface area contributed by atoms with Crippen molar-refractivity contribution in [3.8, 4) is 11.3 Å². The lowest BCUT2D eigenvalue weighted by atomic mass is 9.82. The van der Waals surface area contributed by atoms with Gasteiger partial charge in [0.15, 0.2) is 5.96 Å². The van der Waals surface area contributed by atoms with E-state index in [9.17, 15) is 0 Å². The van der Waals surface area contributed by atoms with Gasteiger partial charge in [-0.05, 0) is 84.4 Å². The van der Waals surface area contributed by atoms with Crippen molar-refractivity contribution in [1.29, 1.82) is 0 Å². The highest BCUT2D eigenvalue weighted by molar-refractivity contribution is 7.10. The highest BCUT2D eigenvalue weighted by atomic mass is 32.1. The Morgan fingerprint density at radius 3 is 2.62 bits per heavy atom. The monoisotopic (exact) mass is 472 g/mol. The lowest BCUT2D eigenvalue weighted by Crippen LogP contribution is -2.35. The number of anilines is 1. The van der Waals surface area contributed by atoms with Gasteiger partial charge in [-0.2, -0.15) is 0 Å². The summed E-state index contributed by atoms with van der Waals surface area (Å²) in [6, 6.07) is 11.6. The Hall–Kier alpha value is -2.66. The summed E-state index contributed by atoms with van der Waals surface area (Å²) in [6.45, 7) is 10.9.